The first-order chi connectivity index (χ1) is 48.1. The monoisotopic (exact) mass is 1430 g/mol. The number of carbonyl (C=O) groups is 8. The summed E-state index contributed by atoms with van der Waals surface area (Å²) in [5.41, 5.74) is 5.33. The van der Waals surface area contributed by atoms with Crippen LogP contribution in [0.25, 0.3) is 0 Å². The largest absolute Gasteiger partial charge is 0.496 e. The van der Waals surface area contributed by atoms with Crippen LogP contribution in [0.1, 0.15) is 204 Å². The molecule has 0 aliphatic rings. The summed E-state index contributed by atoms with van der Waals surface area (Å²) < 4.78 is 93.6. The molecule has 0 N–H and O–H groups in total. The van der Waals surface area contributed by atoms with Crippen LogP contribution in [0.5, 0.6) is 69.0 Å². The second-order valence-electron chi connectivity index (χ2n) is 27.0. The summed E-state index contributed by atoms with van der Waals surface area (Å²) in [6, 6.07) is 0. The van der Waals surface area contributed by atoms with Crippen LogP contribution in [0.2, 0.25) is 0 Å². The van der Waals surface area contributed by atoms with Gasteiger partial charge in [0.15, 0.2) is 0 Å². The van der Waals surface area contributed by atoms with Crippen molar-refractivity contribution in [3.05, 3.63) is 134 Å². The van der Waals surface area contributed by atoms with Gasteiger partial charge in [-0.05, 0) is 208 Å². The van der Waals surface area contributed by atoms with E-state index in [0.29, 0.717) is 101 Å². The van der Waals surface area contributed by atoms with Crippen molar-refractivity contribution in [3.63, 3.8) is 0 Å². The molecule has 0 aliphatic heterocycles. The normalized spacial score (nSPS) is 11.2. The van der Waals surface area contributed by atoms with Gasteiger partial charge in [0.05, 0.1) is 67.7 Å². The van der Waals surface area contributed by atoms with Gasteiger partial charge < -0.3 is 75.8 Å². The molecule has 0 fully saturated rings. The SMILES string of the molecule is COc1c(C)c(OC)c(C(=O)Oc2c(C)c(C)c(C(=O)Oc3c(C)c(C)c(C(=O)OCOC(=O)C(C)(C)C)c(OC)c3C)c(OC)c2C)c(C)c1Cc1c(C)c(C(=O)Oc2c(C)c(C)c(C(=O)Oc3c(C)c(C)c(C(=O)OCOC(=O)C(C)(C)C)c(OC)c3C)c(OC)c2C)c(OC)c(C)c1OC. The van der Waals surface area contributed by atoms with Gasteiger partial charge in [-0.1, -0.05) is 0 Å². The molecule has 24 heteroatoms. The molecule has 0 saturated carbocycles. The summed E-state index contributed by atoms with van der Waals surface area (Å²) in [4.78, 5) is 111. The number of esters is 8. The highest BCUT2D eigenvalue weighted by Crippen LogP contribution is 2.49. The second kappa shape index (κ2) is 32.2. The Hall–Kier alpha value is -10.5. The van der Waals surface area contributed by atoms with Crippen LogP contribution < -0.4 is 56.8 Å². The number of hydrogen-bond donors (Lipinski definition) is 0. The van der Waals surface area contributed by atoms with E-state index in [2.05, 4.69) is 0 Å². The van der Waals surface area contributed by atoms with E-state index in [4.69, 9.17) is 75.8 Å². The zero-order chi connectivity index (χ0) is 77.8. The highest BCUT2D eigenvalue weighted by Gasteiger charge is 2.37. The number of ether oxygens (including phenoxy) is 16. The van der Waals surface area contributed by atoms with Crippen molar-refractivity contribution < 1.29 is 114 Å². The zero-order valence-electron chi connectivity index (χ0n) is 64.9. The van der Waals surface area contributed by atoms with Crippen LogP contribution in [0.15, 0.2) is 0 Å². The second-order valence-corrected chi connectivity index (χ2v) is 27.0. The van der Waals surface area contributed by atoms with E-state index in [-0.39, 0.29) is 108 Å². The molecule has 0 bridgehead atoms. The average molecular weight is 1430 g/mol. The predicted octanol–water partition coefficient (Wildman–Crippen LogP) is 14.6. The number of benzene rings is 6. The quantitative estimate of drug-likeness (QED) is 0.0309. The maximum absolute atomic E-state index is 15.2. The Morgan fingerprint density at radius 3 is 0.602 bits per heavy atom. The van der Waals surface area contributed by atoms with Crippen LogP contribution >= 0.6 is 0 Å². The highest BCUT2D eigenvalue weighted by molar-refractivity contribution is 6.03. The Morgan fingerprint density at radius 2 is 0.408 bits per heavy atom. The third kappa shape index (κ3) is 15.5. The molecule has 0 aromatic heterocycles. The molecular weight excluding hydrogens is 1330 g/mol. The van der Waals surface area contributed by atoms with Gasteiger partial charge in [-0.25, -0.2) is 28.8 Å². The number of hydrogen-bond acceptors (Lipinski definition) is 24. The third-order valence-electron chi connectivity index (χ3n) is 18.7. The maximum atomic E-state index is 15.2. The van der Waals surface area contributed by atoms with Gasteiger partial charge in [0, 0.05) is 50.9 Å². The minimum Gasteiger partial charge on any atom is -0.496 e. The molecule has 0 spiro atoms. The number of rotatable bonds is 24. The predicted molar refractivity (Wildman–Crippen MR) is 381 cm³/mol. The van der Waals surface area contributed by atoms with Crippen molar-refractivity contribution in [3.8, 4) is 69.0 Å². The van der Waals surface area contributed by atoms with Gasteiger partial charge in [0.2, 0.25) is 13.6 Å². The molecule has 0 aliphatic carbocycles. The lowest BCUT2D eigenvalue weighted by Crippen LogP contribution is -2.25. The molecule has 6 aromatic carbocycles. The van der Waals surface area contributed by atoms with E-state index >= 15 is 9.59 Å². The fraction of sp³-hybridized carbons (Fsp3) is 0.443. The summed E-state index contributed by atoms with van der Waals surface area (Å²) in [6.07, 6.45) is -0.0122. The molecule has 0 heterocycles. The molecule has 24 nitrogen and oxygen atoms in total. The number of methoxy groups -OCH3 is 8. The van der Waals surface area contributed by atoms with Crippen molar-refractivity contribution in [1.29, 1.82) is 0 Å². The Kier molecular flexibility index (Phi) is 25.5. The van der Waals surface area contributed by atoms with Crippen LogP contribution in [0, 0.1) is 122 Å². The van der Waals surface area contributed by atoms with Gasteiger partial charge in [0.1, 0.15) is 102 Å². The lowest BCUT2D eigenvalue weighted by atomic mass is 9.87. The Labute approximate surface area is 602 Å². The van der Waals surface area contributed by atoms with E-state index in [0.717, 1.165) is 0 Å². The van der Waals surface area contributed by atoms with Crippen molar-refractivity contribution in [1.82, 2.24) is 0 Å². The molecule has 0 unspecified atom stereocenters. The van der Waals surface area contributed by atoms with Gasteiger partial charge >= 0.3 is 47.8 Å². The highest BCUT2D eigenvalue weighted by atomic mass is 16.7. The molecule has 0 atom stereocenters. The van der Waals surface area contributed by atoms with Gasteiger partial charge in [-0.2, -0.15) is 0 Å². The summed E-state index contributed by atoms with van der Waals surface area (Å²) >= 11 is 0. The minimum absolute atomic E-state index is 0.0122. The van der Waals surface area contributed by atoms with E-state index < -0.39 is 72.2 Å². The number of carbonyl (C=O) groups excluding carboxylic acids is 8. The lowest BCUT2D eigenvalue weighted by Gasteiger charge is -2.25. The van der Waals surface area contributed by atoms with Crippen LogP contribution in [0.3, 0.4) is 0 Å². The topological polar surface area (TPSA) is 284 Å². The zero-order valence-corrected chi connectivity index (χ0v) is 64.9. The molecule has 6 aromatic rings. The summed E-state index contributed by atoms with van der Waals surface area (Å²) in [7, 11) is 11.2. The molecule has 0 amide bonds. The smallest absolute Gasteiger partial charge is 0.347 e. The van der Waals surface area contributed by atoms with E-state index in [1.165, 1.54) is 56.9 Å². The molecule has 0 radical (unpaired) electrons. The van der Waals surface area contributed by atoms with Gasteiger partial charge in [0.25, 0.3) is 0 Å². The van der Waals surface area contributed by atoms with Gasteiger partial charge in [-0.3, -0.25) is 9.59 Å². The summed E-state index contributed by atoms with van der Waals surface area (Å²) in [6.45, 7) is 35.4. The van der Waals surface area contributed by atoms with E-state index in [9.17, 15) is 28.8 Å². The Bertz CT molecular complexity index is 4190. The van der Waals surface area contributed by atoms with Crippen molar-refractivity contribution in [2.75, 3.05) is 70.5 Å². The summed E-state index contributed by atoms with van der Waals surface area (Å²) in [5, 5.41) is 0. The Balaban J connectivity index is 1.38. The van der Waals surface area contributed by atoms with Crippen molar-refractivity contribution in [2.45, 2.75) is 159 Å². The van der Waals surface area contributed by atoms with Gasteiger partial charge in [-0.15, -0.1) is 0 Å². The van der Waals surface area contributed by atoms with E-state index in [1.54, 1.807) is 152 Å². The van der Waals surface area contributed by atoms with Crippen LogP contribution in [-0.2, 0) is 35.0 Å². The fourth-order valence-corrected chi connectivity index (χ4v) is 12.6. The molecular formula is C79H96O24. The lowest BCUT2D eigenvalue weighted by molar-refractivity contribution is -0.162. The van der Waals surface area contributed by atoms with Crippen LogP contribution in [-0.4, -0.2) is 118 Å². The standard InChI is InChI=1S/C79H96O24/c1-34-38(5)58(44(11)64(90-25)52(34)70(80)96-32-98-76(86)78(17,18)19)100-72(82)54-36(3)40(7)60(46(13)66(54)92-27)102-74(84)56-42(9)50(62(88-23)48(15)68(56)94-29)31-51-43(10)57(69(95-30)49(16)63(51)89-24)75(85)103-61-41(8)37(4)55(67(93-28)47(61)14)73(83)101-59-39(6)35(2)53(65(91-26)45(59)12)71(81)97-33-99-77(87)79(20,21)22/h31-33H2,1-30H3. The summed E-state index contributed by atoms with van der Waals surface area (Å²) in [5.74, 6) is -4.56. The molecule has 556 valence electrons. The van der Waals surface area contributed by atoms with Crippen LogP contribution in [0.4, 0.5) is 0 Å². The first-order valence-electron chi connectivity index (χ1n) is 32.8. The first kappa shape index (κ1) is 81.4. The Morgan fingerprint density at radius 1 is 0.223 bits per heavy atom. The fourth-order valence-electron chi connectivity index (χ4n) is 12.6. The average Bonchev–Trinajstić information content (AvgIpc) is 0.757. The van der Waals surface area contributed by atoms with Crippen molar-refractivity contribution >= 4 is 47.8 Å². The third-order valence-corrected chi connectivity index (χ3v) is 18.7. The minimum atomic E-state index is -0.841. The first-order valence-corrected chi connectivity index (χ1v) is 32.8. The maximum Gasteiger partial charge on any atom is 0.347 e. The molecule has 6 rings (SSSR count). The van der Waals surface area contributed by atoms with Crippen molar-refractivity contribution in [2.24, 2.45) is 10.8 Å². The van der Waals surface area contributed by atoms with E-state index in [1.807, 2.05) is 0 Å². The molecule has 103 heavy (non-hydrogen) atoms. The molecule has 0 saturated heterocycles.